The Morgan fingerprint density at radius 2 is 1.79 bits per heavy atom. The second kappa shape index (κ2) is 6.38. The van der Waals surface area contributed by atoms with E-state index in [0.29, 0.717) is 0 Å². The Morgan fingerprint density at radius 3 is 2.21 bits per heavy atom. The molecule has 1 aromatic heterocycles. The van der Waals surface area contributed by atoms with Gasteiger partial charge in [0, 0.05) is 19.5 Å². The Hall–Kier alpha value is -1.09. The minimum Gasteiger partial charge on any atom is -0.327 e. The number of hydrogen-bond acceptors (Lipinski definition) is 2. The zero-order valence-electron chi connectivity index (χ0n) is 13.6. The summed E-state index contributed by atoms with van der Waals surface area (Å²) in [4.78, 5) is 7.04. The largest absolute Gasteiger partial charge is 0.327 e. The van der Waals surface area contributed by atoms with Crippen LogP contribution in [0.1, 0.15) is 40.4 Å². The van der Waals surface area contributed by atoms with Crippen LogP contribution in [0.15, 0.2) is 0 Å². The second-order valence-electron chi connectivity index (χ2n) is 6.57. The van der Waals surface area contributed by atoms with Crippen molar-refractivity contribution in [2.75, 3.05) is 20.6 Å². The molecule has 0 radical (unpaired) electrons. The lowest BCUT2D eigenvalue weighted by Crippen LogP contribution is -2.33. The predicted octanol–water partition coefficient (Wildman–Crippen LogP) is 1.63. The van der Waals surface area contributed by atoms with Gasteiger partial charge >= 0.3 is 0 Å². The van der Waals surface area contributed by atoms with Crippen LogP contribution in [0.4, 0.5) is 0 Å². The molecule has 1 aromatic rings. The van der Waals surface area contributed by atoms with E-state index in [9.17, 15) is 0 Å². The van der Waals surface area contributed by atoms with Gasteiger partial charge in [0.05, 0.1) is 10.7 Å². The molecule has 0 fully saturated rings. The summed E-state index contributed by atoms with van der Waals surface area (Å²) in [7, 11) is 4.23. The average molecular weight is 263 g/mol. The molecule has 0 unspecified atom stereocenters. The molecule has 19 heavy (non-hydrogen) atoms. The Balaban J connectivity index is 3.26. The Morgan fingerprint density at radius 1 is 1.16 bits per heavy atom. The maximum atomic E-state index is 4.82. The third-order valence-corrected chi connectivity index (χ3v) is 3.12. The fourth-order valence-electron chi connectivity index (χ4n) is 2.21. The number of aromatic nitrogens is 2. The Bertz CT molecular complexity index is 515. The lowest BCUT2D eigenvalue weighted by Gasteiger charge is -2.19. The molecule has 0 amide bonds. The van der Waals surface area contributed by atoms with Crippen molar-refractivity contribution in [3.8, 4) is 0 Å². The molecule has 1 rings (SSSR count). The lowest BCUT2D eigenvalue weighted by atomic mass is 9.92. The smallest absolute Gasteiger partial charge is 0.110 e. The van der Waals surface area contributed by atoms with E-state index in [1.807, 2.05) is 0 Å². The number of likely N-dealkylation sites (N-methyl/N-ethyl adjacent to an activating group) is 1. The van der Waals surface area contributed by atoms with Gasteiger partial charge < -0.3 is 9.47 Å². The minimum absolute atomic E-state index is 0.261. The van der Waals surface area contributed by atoms with Crippen molar-refractivity contribution < 1.29 is 0 Å². The first-order valence-electron chi connectivity index (χ1n) is 7.11. The standard InChI is InChI=1S/C16H29N3/c1-8-13-14(9-2)19(11-10-18(6)7)15(17-13)12-16(3,4)5/h8-9H,10-12H2,1-7H3. The fourth-order valence-corrected chi connectivity index (χ4v) is 2.21. The molecule has 0 aromatic carbocycles. The van der Waals surface area contributed by atoms with Gasteiger partial charge in [0.2, 0.25) is 0 Å². The summed E-state index contributed by atoms with van der Waals surface area (Å²) in [5, 5.41) is 2.36. The molecular weight excluding hydrogens is 234 g/mol. The molecule has 108 valence electrons. The average Bonchev–Trinajstić information content (AvgIpc) is 2.60. The van der Waals surface area contributed by atoms with Crippen LogP contribution in [0.25, 0.3) is 12.2 Å². The van der Waals surface area contributed by atoms with Gasteiger partial charge in [0.15, 0.2) is 0 Å². The van der Waals surface area contributed by atoms with Crippen molar-refractivity contribution in [2.24, 2.45) is 5.41 Å². The van der Waals surface area contributed by atoms with Crippen LogP contribution in [-0.4, -0.2) is 35.1 Å². The van der Waals surface area contributed by atoms with E-state index in [0.717, 1.165) is 24.9 Å². The third-order valence-electron chi connectivity index (χ3n) is 3.12. The van der Waals surface area contributed by atoms with Gasteiger partial charge in [-0.15, -0.1) is 0 Å². The summed E-state index contributed by atoms with van der Waals surface area (Å²) in [5.41, 5.74) is 0.261. The normalized spacial score (nSPS) is 14.7. The molecule has 0 bridgehead atoms. The van der Waals surface area contributed by atoms with E-state index >= 15 is 0 Å². The molecule has 0 spiro atoms. The molecule has 0 aliphatic carbocycles. The molecular formula is C16H29N3. The minimum atomic E-state index is 0.261. The first-order valence-corrected chi connectivity index (χ1v) is 7.11. The summed E-state index contributed by atoms with van der Waals surface area (Å²) in [5.74, 6) is 1.20. The molecule has 0 saturated heterocycles. The van der Waals surface area contributed by atoms with Crippen LogP contribution < -0.4 is 10.7 Å². The van der Waals surface area contributed by atoms with Crippen molar-refractivity contribution in [2.45, 2.75) is 47.6 Å². The van der Waals surface area contributed by atoms with E-state index in [4.69, 9.17) is 4.98 Å². The van der Waals surface area contributed by atoms with Gasteiger partial charge in [0.1, 0.15) is 5.82 Å². The van der Waals surface area contributed by atoms with Crippen molar-refractivity contribution >= 4 is 12.2 Å². The highest BCUT2D eigenvalue weighted by molar-refractivity contribution is 5.24. The summed E-state index contributed by atoms with van der Waals surface area (Å²) in [6, 6.07) is 0. The second-order valence-corrected chi connectivity index (χ2v) is 6.57. The molecule has 3 nitrogen and oxygen atoms in total. The Labute approximate surface area is 117 Å². The zero-order chi connectivity index (χ0) is 14.6. The van der Waals surface area contributed by atoms with Gasteiger partial charge in [-0.1, -0.05) is 32.9 Å². The highest BCUT2D eigenvalue weighted by Gasteiger charge is 2.16. The van der Waals surface area contributed by atoms with Gasteiger partial charge in [-0.25, -0.2) is 4.98 Å². The number of hydrogen-bond donors (Lipinski definition) is 0. The Kier molecular flexibility index (Phi) is 5.36. The van der Waals surface area contributed by atoms with Gasteiger partial charge in [0.25, 0.3) is 0 Å². The molecule has 3 heteroatoms. The topological polar surface area (TPSA) is 21.1 Å². The summed E-state index contributed by atoms with van der Waals surface area (Å²) in [6.07, 6.45) is 5.28. The summed E-state index contributed by atoms with van der Waals surface area (Å²) >= 11 is 0. The number of imidazole rings is 1. The predicted molar refractivity (Wildman–Crippen MR) is 83.5 cm³/mol. The molecule has 0 aliphatic rings. The van der Waals surface area contributed by atoms with Gasteiger partial charge in [-0.2, -0.15) is 0 Å². The maximum absolute atomic E-state index is 4.82. The lowest BCUT2D eigenvalue weighted by molar-refractivity contribution is 0.360. The summed E-state index contributed by atoms with van der Waals surface area (Å²) in [6.45, 7) is 13.0. The van der Waals surface area contributed by atoms with Crippen molar-refractivity contribution in [3.63, 3.8) is 0 Å². The first-order chi connectivity index (χ1) is 8.78. The molecule has 1 heterocycles. The third kappa shape index (κ3) is 4.50. The molecule has 0 N–H and O–H groups in total. The van der Waals surface area contributed by atoms with Crippen LogP contribution in [0.5, 0.6) is 0 Å². The van der Waals surface area contributed by atoms with Gasteiger partial charge in [-0.3, -0.25) is 0 Å². The number of rotatable bonds is 4. The quantitative estimate of drug-likeness (QED) is 0.823. The maximum Gasteiger partial charge on any atom is 0.110 e. The highest BCUT2D eigenvalue weighted by atomic mass is 15.1. The van der Waals surface area contributed by atoms with E-state index < -0.39 is 0 Å². The molecule has 0 saturated carbocycles. The van der Waals surface area contributed by atoms with Crippen molar-refractivity contribution in [1.82, 2.24) is 14.5 Å². The van der Waals surface area contributed by atoms with Crippen LogP contribution in [0.2, 0.25) is 0 Å². The van der Waals surface area contributed by atoms with Crippen molar-refractivity contribution in [1.29, 1.82) is 0 Å². The van der Waals surface area contributed by atoms with E-state index in [1.165, 1.54) is 11.2 Å². The van der Waals surface area contributed by atoms with Crippen LogP contribution in [0, 0.1) is 5.41 Å². The highest BCUT2D eigenvalue weighted by Crippen LogP contribution is 2.18. The van der Waals surface area contributed by atoms with Crippen LogP contribution in [-0.2, 0) is 13.0 Å². The fraction of sp³-hybridized carbons (Fsp3) is 0.688. The SMILES string of the molecule is CC=c1nc(CC(C)(C)C)n(CCN(C)C)c1=CC. The van der Waals surface area contributed by atoms with Gasteiger partial charge in [-0.05, 0) is 33.4 Å². The monoisotopic (exact) mass is 263 g/mol. The number of nitrogens with zero attached hydrogens (tertiary/aromatic N) is 3. The van der Waals surface area contributed by atoms with E-state index in [2.05, 4.69) is 70.3 Å². The van der Waals surface area contributed by atoms with Crippen LogP contribution >= 0.6 is 0 Å². The zero-order valence-corrected chi connectivity index (χ0v) is 13.6. The molecule has 0 aliphatic heterocycles. The van der Waals surface area contributed by atoms with Crippen LogP contribution in [0.3, 0.4) is 0 Å². The first kappa shape index (κ1) is 16.0. The van der Waals surface area contributed by atoms with Crippen molar-refractivity contribution in [3.05, 3.63) is 16.5 Å². The molecule has 0 atom stereocenters. The summed E-state index contributed by atoms with van der Waals surface area (Å²) < 4.78 is 2.38. The van der Waals surface area contributed by atoms with E-state index in [1.54, 1.807) is 0 Å². The van der Waals surface area contributed by atoms with E-state index in [-0.39, 0.29) is 5.41 Å².